The van der Waals surface area contributed by atoms with E-state index in [0.717, 1.165) is 25.7 Å². The molecule has 1 aromatic rings. The lowest BCUT2D eigenvalue weighted by molar-refractivity contribution is 0.468. The normalized spacial score (nSPS) is 19.6. The molecule has 0 radical (unpaired) electrons. The van der Waals surface area contributed by atoms with Gasteiger partial charge in [-0.05, 0) is 55.2 Å². The van der Waals surface area contributed by atoms with Crippen molar-refractivity contribution in [1.29, 1.82) is 0 Å². The highest BCUT2D eigenvalue weighted by Gasteiger charge is 2.43. The maximum absolute atomic E-state index is 13.8. The third-order valence-electron chi connectivity index (χ3n) is 4.07. The molecule has 1 aromatic carbocycles. The van der Waals surface area contributed by atoms with E-state index in [1.54, 1.807) is 0 Å². The molecule has 0 unspecified atom stereocenters. The Balaban J connectivity index is 1.86. The molecule has 0 heterocycles. The first kappa shape index (κ1) is 14.0. The van der Waals surface area contributed by atoms with Crippen LogP contribution in [-0.4, -0.2) is 14.5 Å². The van der Waals surface area contributed by atoms with Crippen molar-refractivity contribution in [1.82, 2.24) is 4.72 Å². The highest BCUT2D eigenvalue weighted by molar-refractivity contribution is 7.89. The van der Waals surface area contributed by atoms with E-state index in [9.17, 15) is 12.8 Å². The Morgan fingerprint density at radius 1 is 1.25 bits per heavy atom. The van der Waals surface area contributed by atoms with Crippen LogP contribution in [0.25, 0.3) is 0 Å². The van der Waals surface area contributed by atoms with E-state index in [-0.39, 0.29) is 17.5 Å². The van der Waals surface area contributed by atoms with E-state index in [4.69, 9.17) is 5.73 Å². The quantitative estimate of drug-likeness (QED) is 0.840. The average molecular weight is 298 g/mol. The van der Waals surface area contributed by atoms with E-state index in [0.29, 0.717) is 17.4 Å². The minimum atomic E-state index is -3.81. The second-order valence-electron chi connectivity index (χ2n) is 5.79. The number of sulfonamides is 1. The number of hydrogen-bond acceptors (Lipinski definition) is 3. The molecule has 0 atom stereocenters. The summed E-state index contributed by atoms with van der Waals surface area (Å²) in [6.45, 7) is 0.192. The first-order valence-corrected chi connectivity index (χ1v) is 8.50. The predicted molar refractivity (Wildman–Crippen MR) is 73.8 cm³/mol. The van der Waals surface area contributed by atoms with E-state index in [1.165, 1.54) is 18.2 Å². The second kappa shape index (κ2) is 5.09. The van der Waals surface area contributed by atoms with Gasteiger partial charge in [-0.2, -0.15) is 0 Å². The SMILES string of the molecule is NCc1ccc(F)c(S(=O)(=O)NC(C2CC2)C2CC2)c1. The number of nitrogens with one attached hydrogen (secondary N) is 1. The standard InChI is InChI=1S/C14H19FN2O2S/c15-12-6-1-9(8-16)7-13(12)20(18,19)17-14(10-2-3-10)11-4-5-11/h1,6-7,10-11,14,17H,2-5,8,16H2. The third-order valence-corrected chi connectivity index (χ3v) is 5.55. The van der Waals surface area contributed by atoms with E-state index >= 15 is 0 Å². The summed E-state index contributed by atoms with van der Waals surface area (Å²) in [6, 6.07) is 3.98. The largest absolute Gasteiger partial charge is 0.326 e. The minimum Gasteiger partial charge on any atom is -0.326 e. The summed E-state index contributed by atoms with van der Waals surface area (Å²) in [5.74, 6) is 0.135. The van der Waals surface area contributed by atoms with Gasteiger partial charge in [-0.3, -0.25) is 0 Å². The first-order chi connectivity index (χ1) is 9.51. The van der Waals surface area contributed by atoms with Crippen LogP contribution >= 0.6 is 0 Å². The molecule has 2 aliphatic carbocycles. The predicted octanol–water partition coefficient (Wildman–Crippen LogP) is 1.75. The van der Waals surface area contributed by atoms with Crippen molar-refractivity contribution in [2.45, 2.75) is 43.2 Å². The minimum absolute atomic E-state index is 0.0269. The zero-order valence-electron chi connectivity index (χ0n) is 11.2. The first-order valence-electron chi connectivity index (χ1n) is 7.02. The molecule has 2 aliphatic rings. The fourth-order valence-corrected chi connectivity index (χ4v) is 4.11. The van der Waals surface area contributed by atoms with Gasteiger partial charge >= 0.3 is 0 Å². The van der Waals surface area contributed by atoms with Crippen LogP contribution in [0.2, 0.25) is 0 Å². The fraction of sp³-hybridized carbons (Fsp3) is 0.571. The lowest BCUT2D eigenvalue weighted by atomic mass is 10.1. The Morgan fingerprint density at radius 3 is 2.35 bits per heavy atom. The summed E-state index contributed by atoms with van der Waals surface area (Å²) in [6.07, 6.45) is 4.26. The van der Waals surface area contributed by atoms with Gasteiger partial charge in [0.05, 0.1) is 0 Å². The summed E-state index contributed by atoms with van der Waals surface area (Å²) >= 11 is 0. The molecule has 0 aliphatic heterocycles. The molecule has 0 saturated heterocycles. The lowest BCUT2D eigenvalue weighted by Crippen LogP contribution is -2.38. The van der Waals surface area contributed by atoms with Crippen molar-refractivity contribution in [3.63, 3.8) is 0 Å². The molecule has 0 amide bonds. The molecule has 4 nitrogen and oxygen atoms in total. The molecule has 6 heteroatoms. The Kier molecular flexibility index (Phi) is 3.56. The smallest absolute Gasteiger partial charge is 0.243 e. The van der Waals surface area contributed by atoms with Crippen molar-refractivity contribution in [2.75, 3.05) is 0 Å². The van der Waals surface area contributed by atoms with Crippen LogP contribution in [0.1, 0.15) is 31.2 Å². The maximum atomic E-state index is 13.8. The summed E-state index contributed by atoms with van der Waals surface area (Å²) in [7, 11) is -3.81. The molecule has 3 rings (SSSR count). The van der Waals surface area contributed by atoms with Gasteiger partial charge in [-0.1, -0.05) is 6.07 Å². The van der Waals surface area contributed by atoms with Crippen LogP contribution in [-0.2, 0) is 16.6 Å². The van der Waals surface area contributed by atoms with Crippen molar-refractivity contribution in [2.24, 2.45) is 17.6 Å². The van der Waals surface area contributed by atoms with Gasteiger partial charge in [0.2, 0.25) is 10.0 Å². The number of benzene rings is 1. The number of hydrogen-bond donors (Lipinski definition) is 2. The van der Waals surface area contributed by atoms with Gasteiger partial charge in [0.15, 0.2) is 0 Å². The van der Waals surface area contributed by atoms with E-state index < -0.39 is 15.8 Å². The molecule has 2 fully saturated rings. The molecule has 0 aromatic heterocycles. The van der Waals surface area contributed by atoms with E-state index in [1.807, 2.05) is 0 Å². The second-order valence-corrected chi connectivity index (χ2v) is 7.47. The molecular weight excluding hydrogens is 279 g/mol. The summed E-state index contributed by atoms with van der Waals surface area (Å²) < 4.78 is 41.4. The molecule has 0 spiro atoms. The zero-order valence-corrected chi connectivity index (χ0v) is 12.0. The van der Waals surface area contributed by atoms with Crippen LogP contribution in [0.4, 0.5) is 4.39 Å². The highest BCUT2D eigenvalue weighted by Crippen LogP contribution is 2.45. The highest BCUT2D eigenvalue weighted by atomic mass is 32.2. The molecule has 3 N–H and O–H groups in total. The summed E-state index contributed by atoms with van der Waals surface area (Å²) in [5.41, 5.74) is 6.10. The monoisotopic (exact) mass is 298 g/mol. The summed E-state index contributed by atoms with van der Waals surface area (Å²) in [4.78, 5) is -0.285. The molecule has 2 saturated carbocycles. The zero-order chi connectivity index (χ0) is 14.3. The van der Waals surface area contributed by atoms with Crippen LogP contribution in [0.3, 0.4) is 0 Å². The van der Waals surface area contributed by atoms with Crippen molar-refractivity contribution in [3.8, 4) is 0 Å². The van der Waals surface area contributed by atoms with Crippen LogP contribution < -0.4 is 10.5 Å². The van der Waals surface area contributed by atoms with Crippen molar-refractivity contribution < 1.29 is 12.8 Å². The maximum Gasteiger partial charge on any atom is 0.243 e. The number of rotatable bonds is 6. The number of halogens is 1. The summed E-state index contributed by atoms with van der Waals surface area (Å²) in [5, 5.41) is 0. The van der Waals surface area contributed by atoms with Gasteiger partial charge in [-0.15, -0.1) is 0 Å². The molecular formula is C14H19FN2O2S. The van der Waals surface area contributed by atoms with Crippen LogP contribution in [0, 0.1) is 17.7 Å². The van der Waals surface area contributed by atoms with Crippen molar-refractivity contribution >= 4 is 10.0 Å². The fourth-order valence-electron chi connectivity index (χ4n) is 2.61. The van der Waals surface area contributed by atoms with Gasteiger partial charge in [0, 0.05) is 12.6 Å². The van der Waals surface area contributed by atoms with Gasteiger partial charge in [0.1, 0.15) is 10.7 Å². The van der Waals surface area contributed by atoms with Crippen LogP contribution in [0.15, 0.2) is 23.1 Å². The Bertz CT molecular complexity index is 598. The third kappa shape index (κ3) is 2.87. The van der Waals surface area contributed by atoms with E-state index in [2.05, 4.69) is 4.72 Å². The Morgan fingerprint density at radius 2 is 1.85 bits per heavy atom. The Labute approximate surface area is 118 Å². The topological polar surface area (TPSA) is 72.2 Å². The number of nitrogens with two attached hydrogens (primary N) is 1. The van der Waals surface area contributed by atoms with Gasteiger partial charge in [0.25, 0.3) is 0 Å². The van der Waals surface area contributed by atoms with Crippen molar-refractivity contribution in [3.05, 3.63) is 29.6 Å². The van der Waals surface area contributed by atoms with Gasteiger partial charge in [-0.25, -0.2) is 17.5 Å². The van der Waals surface area contributed by atoms with Crippen LogP contribution in [0.5, 0.6) is 0 Å². The molecule has 110 valence electrons. The molecule has 20 heavy (non-hydrogen) atoms. The molecule has 0 bridgehead atoms. The average Bonchev–Trinajstić information content (AvgIpc) is 3.29. The lowest BCUT2D eigenvalue weighted by Gasteiger charge is -2.18. The Hall–Kier alpha value is -0.980. The van der Waals surface area contributed by atoms with Gasteiger partial charge < -0.3 is 5.73 Å².